The fourth-order valence-electron chi connectivity index (χ4n) is 4.07. The highest BCUT2D eigenvalue weighted by molar-refractivity contribution is 7.99. The van der Waals surface area contributed by atoms with Crippen LogP contribution < -0.4 is 15.4 Å². The number of fused-ring (bicyclic) bond motifs is 1. The van der Waals surface area contributed by atoms with E-state index in [1.54, 1.807) is 11.8 Å². The number of allylic oxidation sites excluding steroid dienone is 1. The van der Waals surface area contributed by atoms with Crippen molar-refractivity contribution >= 4 is 29.3 Å². The number of nitrogens with zero attached hydrogens (tertiary/aromatic N) is 3. The molecule has 0 saturated carbocycles. The van der Waals surface area contributed by atoms with E-state index in [-0.39, 0.29) is 5.91 Å². The van der Waals surface area contributed by atoms with Crippen molar-refractivity contribution in [2.75, 3.05) is 23.0 Å². The summed E-state index contributed by atoms with van der Waals surface area (Å²) in [7, 11) is 0. The molecule has 2 N–H and O–H groups in total. The first-order valence-corrected chi connectivity index (χ1v) is 12.6. The first-order chi connectivity index (χ1) is 16.4. The third-order valence-corrected chi connectivity index (χ3v) is 6.67. The fraction of sp³-hybridized carbons (Fsp3) is 0.346. The number of carbonyl (C=O) groups excluding carboxylic acids is 1. The van der Waals surface area contributed by atoms with E-state index < -0.39 is 6.04 Å². The summed E-state index contributed by atoms with van der Waals surface area (Å²) < 4.78 is 7.56. The van der Waals surface area contributed by atoms with E-state index in [1.807, 2.05) is 68.8 Å². The standard InChI is InChI=1S/C26H31N5O2S/c1-6-13-34-26-29-25-27-18(5)22(24(32)28-21-12-11-16(3)14-17(21)4)23(31(25)30-26)19-9-8-10-20(15-19)33-7-2/h8-12,14-15,23H,6-7,13H2,1-5H3,(H,28,32)(H,27,29,30). The Hall–Kier alpha value is -3.26. The molecule has 178 valence electrons. The van der Waals surface area contributed by atoms with E-state index in [9.17, 15) is 4.79 Å². The van der Waals surface area contributed by atoms with Gasteiger partial charge in [-0.3, -0.25) is 4.79 Å². The summed E-state index contributed by atoms with van der Waals surface area (Å²) >= 11 is 1.61. The second kappa shape index (κ2) is 10.3. The molecule has 2 heterocycles. The van der Waals surface area contributed by atoms with Crippen LogP contribution in [0.3, 0.4) is 0 Å². The summed E-state index contributed by atoms with van der Waals surface area (Å²) in [5.41, 5.74) is 5.22. The second-order valence-corrected chi connectivity index (χ2v) is 9.42. The van der Waals surface area contributed by atoms with Crippen LogP contribution in [0.25, 0.3) is 0 Å². The Labute approximate surface area is 205 Å². The van der Waals surface area contributed by atoms with Crippen molar-refractivity contribution < 1.29 is 9.53 Å². The van der Waals surface area contributed by atoms with Crippen molar-refractivity contribution in [1.29, 1.82) is 0 Å². The van der Waals surface area contributed by atoms with Gasteiger partial charge in [-0.15, -0.1) is 5.10 Å². The zero-order valence-electron chi connectivity index (χ0n) is 20.3. The highest BCUT2D eigenvalue weighted by Crippen LogP contribution is 2.38. The van der Waals surface area contributed by atoms with Gasteiger partial charge in [0.2, 0.25) is 11.1 Å². The van der Waals surface area contributed by atoms with Crippen molar-refractivity contribution in [2.45, 2.75) is 52.2 Å². The second-order valence-electron chi connectivity index (χ2n) is 8.36. The zero-order chi connectivity index (χ0) is 24.2. The number of rotatable bonds is 8. The van der Waals surface area contributed by atoms with Crippen molar-refractivity contribution in [3.8, 4) is 5.75 Å². The molecule has 0 radical (unpaired) electrons. The van der Waals surface area contributed by atoms with Gasteiger partial charge in [-0.05, 0) is 63.4 Å². The van der Waals surface area contributed by atoms with Crippen molar-refractivity contribution in [1.82, 2.24) is 14.8 Å². The van der Waals surface area contributed by atoms with Crippen LogP contribution in [0.4, 0.5) is 11.6 Å². The maximum absolute atomic E-state index is 13.7. The third kappa shape index (κ3) is 4.97. The number of aromatic nitrogens is 3. The molecule has 0 spiro atoms. The predicted octanol–water partition coefficient (Wildman–Crippen LogP) is 5.72. The van der Waals surface area contributed by atoms with Gasteiger partial charge in [0, 0.05) is 17.1 Å². The van der Waals surface area contributed by atoms with E-state index in [0.29, 0.717) is 23.3 Å². The molecule has 34 heavy (non-hydrogen) atoms. The Morgan fingerprint density at radius 3 is 2.74 bits per heavy atom. The molecule has 1 aliphatic rings. The molecule has 0 saturated heterocycles. The van der Waals surface area contributed by atoms with Gasteiger partial charge in [-0.1, -0.05) is 48.5 Å². The van der Waals surface area contributed by atoms with Gasteiger partial charge in [0.15, 0.2) is 0 Å². The lowest BCUT2D eigenvalue weighted by molar-refractivity contribution is -0.113. The summed E-state index contributed by atoms with van der Waals surface area (Å²) in [5, 5.41) is 11.9. The smallest absolute Gasteiger partial charge is 0.255 e. The van der Waals surface area contributed by atoms with Crippen LogP contribution in [0.15, 0.2) is 58.9 Å². The number of carbonyl (C=O) groups is 1. The van der Waals surface area contributed by atoms with Crippen LogP contribution >= 0.6 is 11.8 Å². The first-order valence-electron chi connectivity index (χ1n) is 11.6. The van der Waals surface area contributed by atoms with Gasteiger partial charge in [-0.2, -0.15) is 4.98 Å². The molecular formula is C26H31N5O2S. The number of anilines is 2. The number of hydrogen-bond acceptors (Lipinski definition) is 6. The number of hydrogen-bond donors (Lipinski definition) is 2. The predicted molar refractivity (Wildman–Crippen MR) is 138 cm³/mol. The lowest BCUT2D eigenvalue weighted by Gasteiger charge is -2.29. The summed E-state index contributed by atoms with van der Waals surface area (Å²) in [6.45, 7) is 10.6. The quantitative estimate of drug-likeness (QED) is 0.404. The van der Waals surface area contributed by atoms with Crippen LogP contribution in [0, 0.1) is 13.8 Å². The monoisotopic (exact) mass is 477 g/mol. The number of benzene rings is 2. The van der Waals surface area contributed by atoms with Crippen LogP contribution in [0.1, 0.15) is 49.9 Å². The summed E-state index contributed by atoms with van der Waals surface area (Å²) in [5.74, 6) is 2.15. The molecule has 1 aliphatic heterocycles. The lowest BCUT2D eigenvalue weighted by Crippen LogP contribution is -2.31. The Kier molecular flexibility index (Phi) is 7.26. The van der Waals surface area contributed by atoms with E-state index in [1.165, 1.54) is 0 Å². The van der Waals surface area contributed by atoms with Crippen molar-refractivity contribution in [2.24, 2.45) is 0 Å². The minimum Gasteiger partial charge on any atom is -0.494 e. The van der Waals surface area contributed by atoms with Crippen molar-refractivity contribution in [3.05, 3.63) is 70.4 Å². The molecule has 0 aliphatic carbocycles. The topological polar surface area (TPSA) is 81.1 Å². The van der Waals surface area contributed by atoms with Crippen LogP contribution in [-0.4, -0.2) is 33.0 Å². The molecule has 3 aromatic rings. The Morgan fingerprint density at radius 1 is 1.18 bits per heavy atom. The Morgan fingerprint density at radius 2 is 2.00 bits per heavy atom. The average Bonchev–Trinajstić information content (AvgIpc) is 3.21. The van der Waals surface area contributed by atoms with Gasteiger partial charge in [0.1, 0.15) is 11.8 Å². The SMILES string of the molecule is CCCSc1nc2n(n1)C(c1cccc(OCC)c1)C(C(=O)Nc1ccc(C)cc1C)=C(C)N2. The number of ether oxygens (including phenoxy) is 1. The van der Waals surface area contributed by atoms with Gasteiger partial charge in [0.05, 0.1) is 12.2 Å². The first kappa shape index (κ1) is 23.9. The molecule has 1 aromatic heterocycles. The molecule has 7 nitrogen and oxygen atoms in total. The van der Waals surface area contributed by atoms with Gasteiger partial charge >= 0.3 is 0 Å². The summed E-state index contributed by atoms with van der Waals surface area (Å²) in [6.07, 6.45) is 1.03. The van der Waals surface area contributed by atoms with E-state index in [4.69, 9.17) is 9.84 Å². The molecule has 4 rings (SSSR count). The van der Waals surface area contributed by atoms with Crippen LogP contribution in [0.2, 0.25) is 0 Å². The Bertz CT molecular complexity index is 1230. The van der Waals surface area contributed by atoms with E-state index in [2.05, 4.69) is 28.6 Å². The highest BCUT2D eigenvalue weighted by Gasteiger charge is 2.34. The fourth-order valence-corrected chi connectivity index (χ4v) is 4.76. The summed E-state index contributed by atoms with van der Waals surface area (Å²) in [6, 6.07) is 13.4. The van der Waals surface area contributed by atoms with Crippen LogP contribution in [-0.2, 0) is 4.79 Å². The number of nitrogens with one attached hydrogen (secondary N) is 2. The number of aryl methyl sites for hydroxylation is 2. The molecule has 1 amide bonds. The van der Waals surface area contributed by atoms with E-state index in [0.717, 1.165) is 46.0 Å². The van der Waals surface area contributed by atoms with Gasteiger partial charge < -0.3 is 15.4 Å². The van der Waals surface area contributed by atoms with Crippen LogP contribution in [0.5, 0.6) is 5.75 Å². The van der Waals surface area contributed by atoms with Gasteiger partial charge in [-0.25, -0.2) is 4.68 Å². The number of amides is 1. The molecule has 0 bridgehead atoms. The lowest BCUT2D eigenvalue weighted by atomic mass is 9.94. The summed E-state index contributed by atoms with van der Waals surface area (Å²) in [4.78, 5) is 18.4. The number of thioether (sulfide) groups is 1. The Balaban J connectivity index is 1.77. The largest absolute Gasteiger partial charge is 0.494 e. The molecule has 1 unspecified atom stereocenters. The van der Waals surface area contributed by atoms with E-state index >= 15 is 0 Å². The minimum absolute atomic E-state index is 0.173. The van der Waals surface area contributed by atoms with Gasteiger partial charge in [0.25, 0.3) is 5.91 Å². The third-order valence-electron chi connectivity index (χ3n) is 5.63. The molecule has 1 atom stereocenters. The molecule has 2 aromatic carbocycles. The molecule has 8 heteroatoms. The zero-order valence-corrected chi connectivity index (χ0v) is 21.1. The molecule has 0 fully saturated rings. The normalized spacial score (nSPS) is 15.0. The highest BCUT2D eigenvalue weighted by atomic mass is 32.2. The maximum Gasteiger partial charge on any atom is 0.255 e. The average molecular weight is 478 g/mol. The minimum atomic E-state index is -0.439. The van der Waals surface area contributed by atoms with Crippen molar-refractivity contribution in [3.63, 3.8) is 0 Å². The maximum atomic E-state index is 13.7. The molecular weight excluding hydrogens is 446 g/mol.